The molecule has 4 nitrogen and oxygen atoms in total. The number of halogens is 3. The fourth-order valence-electron chi connectivity index (χ4n) is 3.12. The van der Waals surface area contributed by atoms with Gasteiger partial charge in [0, 0.05) is 28.4 Å². The summed E-state index contributed by atoms with van der Waals surface area (Å²) >= 11 is 12.1. The van der Waals surface area contributed by atoms with Gasteiger partial charge in [0.05, 0.1) is 12.3 Å². The molecular formula is C19H17Cl2FN2O2. The maximum absolute atomic E-state index is 15.6. The first-order valence-corrected chi connectivity index (χ1v) is 8.81. The van der Waals surface area contributed by atoms with Crippen molar-refractivity contribution in [3.05, 3.63) is 69.5 Å². The maximum atomic E-state index is 15.6. The molecule has 1 aliphatic rings. The number of aliphatic hydroxyl groups is 1. The number of amides is 1. The van der Waals surface area contributed by atoms with Crippen LogP contribution >= 0.6 is 23.2 Å². The largest absolute Gasteiger partial charge is 0.392 e. The molecule has 2 N–H and O–H groups in total. The highest BCUT2D eigenvalue weighted by Crippen LogP contribution is 2.42. The van der Waals surface area contributed by atoms with E-state index in [2.05, 4.69) is 16.9 Å². The van der Waals surface area contributed by atoms with Gasteiger partial charge in [-0.1, -0.05) is 35.8 Å². The van der Waals surface area contributed by atoms with E-state index >= 15 is 4.39 Å². The number of hydrogen-bond donors (Lipinski definition) is 2. The number of hydrogen-bond acceptors (Lipinski definition) is 3. The van der Waals surface area contributed by atoms with E-state index < -0.39 is 11.6 Å². The zero-order valence-electron chi connectivity index (χ0n) is 13.9. The number of alkyl halides is 1. The van der Waals surface area contributed by atoms with E-state index in [0.29, 0.717) is 38.9 Å². The zero-order chi connectivity index (χ0) is 18.9. The highest BCUT2D eigenvalue weighted by Gasteiger charge is 2.45. The molecule has 2 aromatic rings. The van der Waals surface area contributed by atoms with Crippen LogP contribution in [0.1, 0.15) is 35.2 Å². The lowest BCUT2D eigenvalue weighted by Crippen LogP contribution is -2.43. The third-order valence-electron chi connectivity index (χ3n) is 4.55. The van der Waals surface area contributed by atoms with Gasteiger partial charge >= 0.3 is 0 Å². The topological polar surface area (TPSA) is 62.2 Å². The number of allylic oxidation sites excluding steroid dienone is 1. The SMILES string of the molecule is C=C1CC[C@@](F)(C(=O)NCc2c(Cl)cc(Cl)cc2CO)c2cccnc21. The van der Waals surface area contributed by atoms with Gasteiger partial charge in [-0.15, -0.1) is 0 Å². The van der Waals surface area contributed by atoms with Gasteiger partial charge in [-0.25, -0.2) is 4.39 Å². The van der Waals surface area contributed by atoms with Crippen LogP contribution in [0, 0.1) is 0 Å². The Morgan fingerprint density at radius 3 is 2.92 bits per heavy atom. The van der Waals surface area contributed by atoms with E-state index in [9.17, 15) is 9.90 Å². The summed E-state index contributed by atoms with van der Waals surface area (Å²) in [5.74, 6) is -0.769. The predicted molar refractivity (Wildman–Crippen MR) is 99.5 cm³/mol. The van der Waals surface area contributed by atoms with Crippen LogP contribution in [0.15, 0.2) is 37.0 Å². The van der Waals surface area contributed by atoms with Crippen molar-refractivity contribution in [3.8, 4) is 0 Å². The lowest BCUT2D eigenvalue weighted by atomic mass is 9.80. The molecule has 0 saturated carbocycles. The Bertz CT molecular complexity index is 888. The molecule has 0 bridgehead atoms. The summed E-state index contributed by atoms with van der Waals surface area (Å²) in [7, 11) is 0. The van der Waals surface area contributed by atoms with Gasteiger partial charge in [0.1, 0.15) is 0 Å². The average Bonchev–Trinajstić information content (AvgIpc) is 2.63. The van der Waals surface area contributed by atoms with Crippen LogP contribution in [0.2, 0.25) is 10.0 Å². The second kappa shape index (κ2) is 7.35. The molecule has 1 aromatic carbocycles. The van der Waals surface area contributed by atoms with Gasteiger partial charge in [-0.3, -0.25) is 9.78 Å². The van der Waals surface area contributed by atoms with Crippen molar-refractivity contribution >= 4 is 34.7 Å². The zero-order valence-corrected chi connectivity index (χ0v) is 15.4. The number of rotatable bonds is 4. The second-order valence-electron chi connectivity index (χ2n) is 6.17. The Labute approximate surface area is 160 Å². The minimum absolute atomic E-state index is 0.00241. The van der Waals surface area contributed by atoms with E-state index in [0.717, 1.165) is 0 Å². The predicted octanol–water partition coefficient (Wildman–Crippen LogP) is 4.17. The lowest BCUT2D eigenvalue weighted by molar-refractivity contribution is -0.134. The molecule has 0 radical (unpaired) electrons. The Morgan fingerprint density at radius 2 is 2.19 bits per heavy atom. The highest BCUT2D eigenvalue weighted by molar-refractivity contribution is 6.35. The number of carbonyl (C=O) groups is 1. The van der Waals surface area contributed by atoms with Crippen molar-refractivity contribution in [1.29, 1.82) is 0 Å². The standard InChI is InChI=1S/C19H17Cl2FN2O2/c1-11-4-5-19(22,15-3-2-6-23-17(11)15)18(26)24-9-14-12(10-25)7-13(20)8-16(14)21/h2-3,6-8,25H,1,4-5,9-10H2,(H,24,26)/t19-/m0/s1. The van der Waals surface area contributed by atoms with Crippen LogP contribution in [0.5, 0.6) is 0 Å². The van der Waals surface area contributed by atoms with Crippen LogP contribution in [0.3, 0.4) is 0 Å². The van der Waals surface area contributed by atoms with Gasteiger partial charge < -0.3 is 10.4 Å². The normalized spacial score (nSPS) is 19.2. The van der Waals surface area contributed by atoms with Crippen molar-refractivity contribution < 1.29 is 14.3 Å². The molecule has 0 unspecified atom stereocenters. The molecule has 0 spiro atoms. The quantitative estimate of drug-likeness (QED) is 0.817. The van der Waals surface area contributed by atoms with E-state index in [1.54, 1.807) is 24.4 Å². The van der Waals surface area contributed by atoms with Crippen LogP contribution in [-0.4, -0.2) is 16.0 Å². The first-order valence-electron chi connectivity index (χ1n) is 8.05. The minimum Gasteiger partial charge on any atom is -0.392 e. The van der Waals surface area contributed by atoms with Gasteiger partial charge in [0.2, 0.25) is 5.67 Å². The summed E-state index contributed by atoms with van der Waals surface area (Å²) in [6.07, 6.45) is 1.89. The van der Waals surface area contributed by atoms with Crippen LogP contribution < -0.4 is 5.32 Å². The number of pyridine rings is 1. The molecule has 0 aliphatic heterocycles. The molecule has 7 heteroatoms. The van der Waals surface area contributed by atoms with Crippen LogP contribution in [0.25, 0.3) is 5.57 Å². The van der Waals surface area contributed by atoms with E-state index in [4.69, 9.17) is 23.2 Å². The highest BCUT2D eigenvalue weighted by atomic mass is 35.5. The molecule has 3 rings (SSSR count). The smallest absolute Gasteiger partial charge is 0.262 e. The number of benzene rings is 1. The van der Waals surface area contributed by atoms with E-state index in [-0.39, 0.29) is 25.1 Å². The van der Waals surface area contributed by atoms with Crippen LogP contribution in [0.4, 0.5) is 4.39 Å². The fourth-order valence-corrected chi connectivity index (χ4v) is 3.73. The molecule has 1 aromatic heterocycles. The Hall–Kier alpha value is -1.95. The lowest BCUT2D eigenvalue weighted by Gasteiger charge is -2.31. The molecule has 1 atom stereocenters. The van der Waals surface area contributed by atoms with Gasteiger partial charge in [-0.05, 0) is 47.7 Å². The number of fused-ring (bicyclic) bond motifs is 1. The first kappa shape index (κ1) is 18.8. The van der Waals surface area contributed by atoms with E-state index in [1.807, 2.05) is 0 Å². The van der Waals surface area contributed by atoms with Crippen molar-refractivity contribution in [3.63, 3.8) is 0 Å². The third-order valence-corrected chi connectivity index (χ3v) is 5.10. The summed E-state index contributed by atoms with van der Waals surface area (Å²) < 4.78 is 15.6. The summed E-state index contributed by atoms with van der Waals surface area (Å²) in [6.45, 7) is 3.58. The molecule has 1 heterocycles. The molecule has 136 valence electrons. The Balaban J connectivity index is 1.86. The van der Waals surface area contributed by atoms with E-state index in [1.165, 1.54) is 6.07 Å². The molecule has 26 heavy (non-hydrogen) atoms. The minimum atomic E-state index is -2.19. The number of nitrogens with one attached hydrogen (secondary N) is 1. The first-order chi connectivity index (χ1) is 12.4. The van der Waals surface area contributed by atoms with Gasteiger partial charge in [-0.2, -0.15) is 0 Å². The third kappa shape index (κ3) is 3.34. The summed E-state index contributed by atoms with van der Waals surface area (Å²) in [6, 6.07) is 6.22. The number of nitrogens with zero attached hydrogens (tertiary/aromatic N) is 1. The van der Waals surface area contributed by atoms with Crippen molar-refractivity contribution in [2.24, 2.45) is 0 Å². The Morgan fingerprint density at radius 1 is 1.42 bits per heavy atom. The van der Waals surface area contributed by atoms with Gasteiger partial charge in [0.25, 0.3) is 5.91 Å². The van der Waals surface area contributed by atoms with Crippen LogP contribution in [-0.2, 0) is 23.6 Å². The number of aromatic nitrogens is 1. The summed E-state index contributed by atoms with van der Waals surface area (Å²) in [5, 5.41) is 12.7. The Kier molecular flexibility index (Phi) is 5.32. The molecule has 0 saturated heterocycles. The number of carbonyl (C=O) groups excluding carboxylic acids is 1. The second-order valence-corrected chi connectivity index (χ2v) is 7.01. The molecule has 0 fully saturated rings. The molecule has 1 amide bonds. The van der Waals surface area contributed by atoms with Crippen molar-refractivity contribution in [1.82, 2.24) is 10.3 Å². The molecule has 1 aliphatic carbocycles. The average molecular weight is 395 g/mol. The van der Waals surface area contributed by atoms with Gasteiger partial charge in [0.15, 0.2) is 0 Å². The summed E-state index contributed by atoms with van der Waals surface area (Å²) in [4.78, 5) is 16.8. The van der Waals surface area contributed by atoms with Crippen molar-refractivity contribution in [2.75, 3.05) is 0 Å². The maximum Gasteiger partial charge on any atom is 0.262 e. The summed E-state index contributed by atoms with van der Waals surface area (Å²) in [5.41, 5.74) is 0.153. The molecular weight excluding hydrogens is 378 g/mol. The number of aliphatic hydroxyl groups excluding tert-OH is 1. The monoisotopic (exact) mass is 394 g/mol. The van der Waals surface area contributed by atoms with Crippen molar-refractivity contribution in [2.45, 2.75) is 31.7 Å². The fraction of sp³-hybridized carbons (Fsp3) is 0.263.